The van der Waals surface area contributed by atoms with Gasteiger partial charge in [0.1, 0.15) is 12.2 Å². The van der Waals surface area contributed by atoms with Crippen LogP contribution in [0.3, 0.4) is 0 Å². The van der Waals surface area contributed by atoms with Gasteiger partial charge in [0, 0.05) is 13.8 Å². The summed E-state index contributed by atoms with van der Waals surface area (Å²) >= 11 is 0. The molecule has 4 heteroatoms. The molecule has 0 heterocycles. The first-order chi connectivity index (χ1) is 14.3. The zero-order valence-electron chi connectivity index (χ0n) is 22.2. The first-order valence-corrected chi connectivity index (χ1v) is 12.7. The maximum atomic E-state index is 11.7. The minimum absolute atomic E-state index is 0.0106. The van der Waals surface area contributed by atoms with Gasteiger partial charge >= 0.3 is 11.9 Å². The monoisotopic (exact) mass is 440 g/mol. The van der Waals surface area contributed by atoms with Crippen molar-refractivity contribution in [2.45, 2.75) is 126 Å². The molecule has 0 aliphatic heterocycles. The molecule has 0 saturated heterocycles. The molecule has 6 atom stereocenters. The van der Waals surface area contributed by atoms with Crippen LogP contribution in [0.1, 0.15) is 114 Å². The van der Waals surface area contributed by atoms with E-state index in [1.165, 1.54) is 13.8 Å². The van der Waals surface area contributed by atoms with Crippen LogP contribution in [0.5, 0.6) is 0 Å². The Morgan fingerprint density at radius 1 is 0.677 bits per heavy atom. The van der Waals surface area contributed by atoms with Crippen LogP contribution in [0.4, 0.5) is 0 Å². The third kappa shape index (κ3) is 14.6. The van der Waals surface area contributed by atoms with Gasteiger partial charge in [0.2, 0.25) is 0 Å². The number of carbonyl (C=O) groups is 2. The molecule has 0 aliphatic rings. The molecule has 0 bridgehead atoms. The summed E-state index contributed by atoms with van der Waals surface area (Å²) in [7, 11) is 0. The van der Waals surface area contributed by atoms with E-state index < -0.39 is 0 Å². The summed E-state index contributed by atoms with van der Waals surface area (Å²) < 4.78 is 11.4. The number of rotatable bonds is 16. The quantitative estimate of drug-likeness (QED) is 0.234. The Labute approximate surface area is 193 Å². The average Bonchev–Trinajstić information content (AvgIpc) is 2.56. The van der Waals surface area contributed by atoms with Gasteiger partial charge in [-0.15, -0.1) is 0 Å². The normalized spacial score (nSPS) is 17.7. The van der Waals surface area contributed by atoms with E-state index in [2.05, 4.69) is 55.4 Å². The number of hydrogen-bond acceptors (Lipinski definition) is 4. The Hall–Kier alpha value is -1.06. The highest BCUT2D eigenvalue weighted by Crippen LogP contribution is 2.34. The van der Waals surface area contributed by atoms with Crippen molar-refractivity contribution < 1.29 is 19.1 Å². The van der Waals surface area contributed by atoms with Gasteiger partial charge in [0.15, 0.2) is 0 Å². The number of hydrogen-bond donors (Lipinski definition) is 0. The predicted octanol–water partition coefficient (Wildman–Crippen LogP) is 7.44. The minimum Gasteiger partial charge on any atom is -0.463 e. The van der Waals surface area contributed by atoms with Crippen molar-refractivity contribution >= 4 is 11.9 Å². The average molecular weight is 441 g/mol. The first kappa shape index (κ1) is 29.9. The van der Waals surface area contributed by atoms with Crippen molar-refractivity contribution in [2.24, 2.45) is 35.5 Å². The summed E-state index contributed by atoms with van der Waals surface area (Å²) in [4.78, 5) is 23.2. The van der Waals surface area contributed by atoms with Gasteiger partial charge in [-0.3, -0.25) is 9.59 Å². The second-order valence-electron chi connectivity index (χ2n) is 11.0. The summed E-state index contributed by atoms with van der Waals surface area (Å²) in [5, 5.41) is 0. The number of esters is 2. The molecule has 6 unspecified atom stereocenters. The molecule has 0 fully saturated rings. The van der Waals surface area contributed by atoms with Crippen LogP contribution in [-0.4, -0.2) is 24.1 Å². The first-order valence-electron chi connectivity index (χ1n) is 12.7. The third-order valence-electron chi connectivity index (χ3n) is 6.16. The molecule has 0 saturated carbocycles. The Morgan fingerprint density at radius 2 is 1.19 bits per heavy atom. The molecule has 4 nitrogen and oxygen atoms in total. The molecular weight excluding hydrogens is 388 g/mol. The SMILES string of the molecule is CCCC(C(C)CC(C)CC(C)CC(CC(C)C)OC(C)=O)C(CC(C)C)OC(C)=O. The summed E-state index contributed by atoms with van der Waals surface area (Å²) in [6.07, 6.45) is 7.27. The van der Waals surface area contributed by atoms with Crippen LogP contribution >= 0.6 is 0 Å². The fourth-order valence-corrected chi connectivity index (χ4v) is 5.25. The van der Waals surface area contributed by atoms with Gasteiger partial charge in [-0.05, 0) is 74.0 Å². The van der Waals surface area contributed by atoms with Crippen molar-refractivity contribution in [1.82, 2.24) is 0 Å². The lowest BCUT2D eigenvalue weighted by atomic mass is 9.76. The van der Waals surface area contributed by atoms with E-state index in [4.69, 9.17) is 9.47 Å². The standard InChI is InChI=1S/C27H52O4/c1-11-12-26(27(14-19(4)5)31-24(10)29)22(8)16-20(6)15-21(7)17-25(13-18(2)3)30-23(9)28/h18-22,25-27H,11-17H2,1-10H3. The van der Waals surface area contributed by atoms with Crippen molar-refractivity contribution in [3.05, 3.63) is 0 Å². The zero-order valence-corrected chi connectivity index (χ0v) is 22.2. The fourth-order valence-electron chi connectivity index (χ4n) is 5.25. The van der Waals surface area contributed by atoms with Crippen LogP contribution in [0.15, 0.2) is 0 Å². The molecule has 0 amide bonds. The van der Waals surface area contributed by atoms with Crippen LogP contribution in [0, 0.1) is 35.5 Å². The van der Waals surface area contributed by atoms with Crippen molar-refractivity contribution in [1.29, 1.82) is 0 Å². The second-order valence-corrected chi connectivity index (χ2v) is 11.0. The van der Waals surface area contributed by atoms with Gasteiger partial charge in [0.25, 0.3) is 0 Å². The highest BCUT2D eigenvalue weighted by molar-refractivity contribution is 5.66. The number of ether oxygens (including phenoxy) is 2. The van der Waals surface area contributed by atoms with E-state index in [1.54, 1.807) is 0 Å². The van der Waals surface area contributed by atoms with Crippen LogP contribution < -0.4 is 0 Å². The summed E-state index contributed by atoms with van der Waals surface area (Å²) in [5.74, 6) is 2.68. The van der Waals surface area contributed by atoms with Gasteiger partial charge < -0.3 is 9.47 Å². The highest BCUT2D eigenvalue weighted by Gasteiger charge is 2.30. The molecule has 31 heavy (non-hydrogen) atoms. The van der Waals surface area contributed by atoms with E-state index in [0.29, 0.717) is 35.5 Å². The lowest BCUT2D eigenvalue weighted by Crippen LogP contribution is -2.33. The van der Waals surface area contributed by atoms with E-state index in [9.17, 15) is 9.59 Å². The topological polar surface area (TPSA) is 52.6 Å². The molecule has 0 aromatic rings. The smallest absolute Gasteiger partial charge is 0.302 e. The van der Waals surface area contributed by atoms with Crippen LogP contribution in [-0.2, 0) is 19.1 Å². The molecular formula is C27H52O4. The van der Waals surface area contributed by atoms with Gasteiger partial charge in [-0.2, -0.15) is 0 Å². The molecule has 184 valence electrons. The van der Waals surface area contributed by atoms with E-state index in [0.717, 1.165) is 44.9 Å². The Balaban J connectivity index is 4.99. The Bertz CT molecular complexity index is 499. The van der Waals surface area contributed by atoms with Crippen LogP contribution in [0.2, 0.25) is 0 Å². The lowest BCUT2D eigenvalue weighted by molar-refractivity contribution is -0.151. The summed E-state index contributed by atoms with van der Waals surface area (Å²) in [6.45, 7) is 21.0. The largest absolute Gasteiger partial charge is 0.463 e. The predicted molar refractivity (Wildman–Crippen MR) is 130 cm³/mol. The maximum absolute atomic E-state index is 11.7. The van der Waals surface area contributed by atoms with Crippen LogP contribution in [0.25, 0.3) is 0 Å². The third-order valence-corrected chi connectivity index (χ3v) is 6.16. The van der Waals surface area contributed by atoms with E-state index in [1.807, 2.05) is 0 Å². The Morgan fingerprint density at radius 3 is 1.65 bits per heavy atom. The minimum atomic E-state index is -0.177. The lowest BCUT2D eigenvalue weighted by Gasteiger charge is -2.34. The highest BCUT2D eigenvalue weighted by atomic mass is 16.5. The molecule has 0 spiro atoms. The molecule has 0 aromatic heterocycles. The molecule has 0 aliphatic carbocycles. The summed E-state index contributed by atoms with van der Waals surface area (Å²) in [6, 6.07) is 0. The maximum Gasteiger partial charge on any atom is 0.302 e. The van der Waals surface area contributed by atoms with Crippen molar-refractivity contribution in [3.8, 4) is 0 Å². The second kappa shape index (κ2) is 15.7. The molecule has 0 radical (unpaired) electrons. The van der Waals surface area contributed by atoms with Gasteiger partial charge in [-0.25, -0.2) is 0 Å². The zero-order chi connectivity index (χ0) is 24.1. The number of carbonyl (C=O) groups excluding carboxylic acids is 2. The molecule has 0 aromatic carbocycles. The van der Waals surface area contributed by atoms with Gasteiger partial charge in [-0.1, -0.05) is 61.8 Å². The van der Waals surface area contributed by atoms with Crippen molar-refractivity contribution in [3.63, 3.8) is 0 Å². The van der Waals surface area contributed by atoms with E-state index in [-0.39, 0.29) is 24.1 Å². The molecule has 0 N–H and O–H groups in total. The fraction of sp³-hybridized carbons (Fsp3) is 0.926. The van der Waals surface area contributed by atoms with E-state index >= 15 is 0 Å². The van der Waals surface area contributed by atoms with Gasteiger partial charge in [0.05, 0.1) is 0 Å². The Kier molecular flexibility index (Phi) is 15.2. The van der Waals surface area contributed by atoms with Crippen molar-refractivity contribution in [2.75, 3.05) is 0 Å². The molecule has 0 rings (SSSR count). The summed E-state index contributed by atoms with van der Waals surface area (Å²) in [5.41, 5.74) is 0.